The highest BCUT2D eigenvalue weighted by Gasteiger charge is 2.11. The Morgan fingerprint density at radius 3 is 2.48 bits per heavy atom. The van der Waals surface area contributed by atoms with Crippen molar-refractivity contribution in [3.8, 4) is 11.3 Å². The van der Waals surface area contributed by atoms with E-state index in [1.165, 1.54) is 4.57 Å². The number of hydrogen-bond acceptors (Lipinski definition) is 3. The van der Waals surface area contributed by atoms with Crippen molar-refractivity contribution in [3.63, 3.8) is 0 Å². The fraction of sp³-hybridized carbons (Fsp3) is 0.111. The van der Waals surface area contributed by atoms with Gasteiger partial charge in [-0.2, -0.15) is 0 Å². The van der Waals surface area contributed by atoms with E-state index in [4.69, 9.17) is 4.42 Å². The Kier molecular flexibility index (Phi) is 4.10. The van der Waals surface area contributed by atoms with E-state index >= 15 is 0 Å². The Bertz CT molecular complexity index is 861. The van der Waals surface area contributed by atoms with E-state index in [1.807, 2.05) is 61.5 Å². The molecule has 3 rings (SSSR count). The molecule has 0 saturated heterocycles. The first-order valence-electron chi connectivity index (χ1n) is 7.24. The number of aryl methyl sites for hydroxylation is 1. The Balaban J connectivity index is 1.73. The molecule has 1 heterocycles. The number of aromatic nitrogens is 1. The van der Waals surface area contributed by atoms with Gasteiger partial charge in [-0.3, -0.25) is 9.36 Å². The van der Waals surface area contributed by atoms with Gasteiger partial charge in [0.2, 0.25) is 5.91 Å². The molecule has 3 aromatic rings. The summed E-state index contributed by atoms with van der Waals surface area (Å²) in [5.74, 6) is -0.391. The number of nitrogens with one attached hydrogen (secondary N) is 1. The highest BCUT2D eigenvalue weighted by molar-refractivity contribution is 5.90. The van der Waals surface area contributed by atoms with Crippen LogP contribution in [0.25, 0.3) is 11.3 Å². The Hall–Kier alpha value is -3.08. The van der Waals surface area contributed by atoms with E-state index < -0.39 is 5.76 Å². The molecule has 1 amide bonds. The molecule has 0 aliphatic rings. The quantitative estimate of drug-likeness (QED) is 0.805. The molecule has 0 radical (unpaired) electrons. The molecule has 2 aromatic carbocycles. The van der Waals surface area contributed by atoms with Gasteiger partial charge in [0.25, 0.3) is 0 Å². The number of carbonyl (C=O) groups excluding carboxylic acids is 1. The smallest absolute Gasteiger partial charge is 0.408 e. The SMILES string of the molecule is Cc1ccc(NC(=O)Cn2cc(-c3ccccc3)oc2=O)cc1. The van der Waals surface area contributed by atoms with Crippen LogP contribution >= 0.6 is 0 Å². The second-order valence-electron chi connectivity index (χ2n) is 5.27. The average molecular weight is 308 g/mol. The molecule has 23 heavy (non-hydrogen) atoms. The van der Waals surface area contributed by atoms with Crippen LogP contribution in [0.1, 0.15) is 5.56 Å². The van der Waals surface area contributed by atoms with Gasteiger partial charge in [-0.15, -0.1) is 0 Å². The summed E-state index contributed by atoms with van der Waals surface area (Å²) in [7, 11) is 0. The van der Waals surface area contributed by atoms with Crippen molar-refractivity contribution in [1.82, 2.24) is 4.57 Å². The molecular formula is C18H16N2O3. The predicted molar refractivity (Wildman–Crippen MR) is 88.2 cm³/mol. The summed E-state index contributed by atoms with van der Waals surface area (Å²) in [4.78, 5) is 23.9. The number of hydrogen-bond donors (Lipinski definition) is 1. The molecule has 116 valence electrons. The first kappa shape index (κ1) is 14.8. The molecule has 1 aromatic heterocycles. The van der Waals surface area contributed by atoms with E-state index in [0.29, 0.717) is 11.4 Å². The summed E-state index contributed by atoms with van der Waals surface area (Å²) >= 11 is 0. The summed E-state index contributed by atoms with van der Waals surface area (Å²) in [5.41, 5.74) is 2.60. The second-order valence-corrected chi connectivity index (χ2v) is 5.27. The number of carbonyl (C=O) groups is 1. The topological polar surface area (TPSA) is 64.2 Å². The average Bonchev–Trinajstić information content (AvgIpc) is 2.91. The molecule has 5 nitrogen and oxygen atoms in total. The van der Waals surface area contributed by atoms with Crippen molar-refractivity contribution in [3.05, 3.63) is 76.9 Å². The summed E-state index contributed by atoms with van der Waals surface area (Å²) < 4.78 is 6.45. The molecule has 0 bridgehead atoms. The number of benzene rings is 2. The number of oxazole rings is 1. The Labute approximate surface area is 133 Å². The Morgan fingerprint density at radius 2 is 1.78 bits per heavy atom. The third kappa shape index (κ3) is 3.58. The van der Waals surface area contributed by atoms with Crippen LogP contribution in [0.4, 0.5) is 5.69 Å². The van der Waals surface area contributed by atoms with Crippen molar-refractivity contribution < 1.29 is 9.21 Å². The molecular weight excluding hydrogens is 292 g/mol. The minimum absolute atomic E-state index is 0.0942. The maximum Gasteiger partial charge on any atom is 0.419 e. The monoisotopic (exact) mass is 308 g/mol. The summed E-state index contributed by atoms with van der Waals surface area (Å²) in [6, 6.07) is 16.7. The molecule has 0 saturated carbocycles. The van der Waals surface area contributed by atoms with Gasteiger partial charge in [0, 0.05) is 11.3 Å². The number of anilines is 1. The van der Waals surface area contributed by atoms with E-state index in [9.17, 15) is 9.59 Å². The summed E-state index contributed by atoms with van der Waals surface area (Å²) in [6.45, 7) is 1.88. The molecule has 0 spiro atoms. The molecule has 0 unspecified atom stereocenters. The highest BCUT2D eigenvalue weighted by Crippen LogP contribution is 2.17. The number of rotatable bonds is 4. The minimum atomic E-state index is -0.553. The zero-order valence-corrected chi connectivity index (χ0v) is 12.7. The lowest BCUT2D eigenvalue weighted by Crippen LogP contribution is -2.24. The highest BCUT2D eigenvalue weighted by atomic mass is 16.4. The number of amides is 1. The fourth-order valence-corrected chi connectivity index (χ4v) is 2.21. The molecule has 5 heteroatoms. The van der Waals surface area contributed by atoms with Crippen LogP contribution in [0, 0.1) is 6.92 Å². The standard InChI is InChI=1S/C18H16N2O3/c1-13-7-9-15(10-8-13)19-17(21)12-20-11-16(23-18(20)22)14-5-3-2-4-6-14/h2-11H,12H2,1H3,(H,19,21). The second kappa shape index (κ2) is 6.36. The largest absolute Gasteiger partial charge is 0.419 e. The normalized spacial score (nSPS) is 10.5. The molecule has 1 N–H and O–H groups in total. The van der Waals surface area contributed by atoms with Crippen LogP contribution < -0.4 is 11.1 Å². The van der Waals surface area contributed by atoms with E-state index in [-0.39, 0.29) is 12.5 Å². The van der Waals surface area contributed by atoms with Crippen molar-refractivity contribution in [2.45, 2.75) is 13.5 Å². The van der Waals surface area contributed by atoms with Crippen molar-refractivity contribution in [2.24, 2.45) is 0 Å². The zero-order chi connectivity index (χ0) is 16.2. The lowest BCUT2D eigenvalue weighted by atomic mass is 10.2. The van der Waals surface area contributed by atoms with Crippen molar-refractivity contribution in [1.29, 1.82) is 0 Å². The minimum Gasteiger partial charge on any atom is -0.408 e. The lowest BCUT2D eigenvalue weighted by molar-refractivity contribution is -0.116. The predicted octanol–water partition coefficient (Wildman–Crippen LogP) is 3.06. The fourth-order valence-electron chi connectivity index (χ4n) is 2.21. The van der Waals surface area contributed by atoms with Crippen LogP contribution in [0.5, 0.6) is 0 Å². The lowest BCUT2D eigenvalue weighted by Gasteiger charge is -2.05. The summed E-state index contributed by atoms with van der Waals surface area (Å²) in [5, 5.41) is 2.75. The van der Waals surface area contributed by atoms with Gasteiger partial charge in [0.15, 0.2) is 5.76 Å². The molecule has 0 fully saturated rings. The molecule has 0 atom stereocenters. The van der Waals surface area contributed by atoms with Gasteiger partial charge in [-0.05, 0) is 19.1 Å². The molecule has 0 aliphatic heterocycles. The van der Waals surface area contributed by atoms with Gasteiger partial charge < -0.3 is 9.73 Å². The van der Waals surface area contributed by atoms with Gasteiger partial charge in [-0.1, -0.05) is 48.0 Å². The van der Waals surface area contributed by atoms with Crippen molar-refractivity contribution >= 4 is 11.6 Å². The van der Waals surface area contributed by atoms with Crippen LogP contribution in [-0.2, 0) is 11.3 Å². The van der Waals surface area contributed by atoms with Crippen LogP contribution in [0.15, 0.2) is 70.0 Å². The van der Waals surface area contributed by atoms with Gasteiger partial charge in [-0.25, -0.2) is 4.79 Å². The third-order valence-corrected chi connectivity index (χ3v) is 3.41. The van der Waals surface area contributed by atoms with E-state index in [2.05, 4.69) is 5.32 Å². The first-order valence-corrected chi connectivity index (χ1v) is 7.24. The maximum absolute atomic E-state index is 12.1. The molecule has 0 aliphatic carbocycles. The van der Waals surface area contributed by atoms with Gasteiger partial charge in [0.1, 0.15) is 6.54 Å². The Morgan fingerprint density at radius 1 is 1.09 bits per heavy atom. The van der Waals surface area contributed by atoms with Gasteiger partial charge in [0.05, 0.1) is 6.20 Å². The zero-order valence-electron chi connectivity index (χ0n) is 12.7. The first-order chi connectivity index (χ1) is 11.1. The van der Waals surface area contributed by atoms with Crippen LogP contribution in [0.3, 0.4) is 0 Å². The van der Waals surface area contributed by atoms with E-state index in [0.717, 1.165) is 11.1 Å². The van der Waals surface area contributed by atoms with Crippen molar-refractivity contribution in [2.75, 3.05) is 5.32 Å². The van der Waals surface area contributed by atoms with Gasteiger partial charge >= 0.3 is 5.76 Å². The number of nitrogens with zero attached hydrogens (tertiary/aromatic N) is 1. The maximum atomic E-state index is 12.1. The van der Waals surface area contributed by atoms with E-state index in [1.54, 1.807) is 6.20 Å². The summed E-state index contributed by atoms with van der Waals surface area (Å²) in [6.07, 6.45) is 1.55. The van der Waals surface area contributed by atoms with Crippen LogP contribution in [0.2, 0.25) is 0 Å². The van der Waals surface area contributed by atoms with Crippen LogP contribution in [-0.4, -0.2) is 10.5 Å². The third-order valence-electron chi connectivity index (χ3n) is 3.41.